The number of phenols is 2. The number of hydrogen-bond donors (Lipinski definition) is 2. The van der Waals surface area contributed by atoms with Gasteiger partial charge in [-0.25, -0.2) is 0 Å². The van der Waals surface area contributed by atoms with Crippen molar-refractivity contribution in [3.8, 4) is 28.7 Å². The smallest absolute Gasteiger partial charge is 0.308 e. The lowest BCUT2D eigenvalue weighted by Gasteiger charge is -2.33. The molecule has 2 aromatic rings. The summed E-state index contributed by atoms with van der Waals surface area (Å²) in [4.78, 5) is 34.4. The molecule has 2 atom stereocenters. The van der Waals surface area contributed by atoms with E-state index in [4.69, 9.17) is 18.9 Å². The first-order valence-electron chi connectivity index (χ1n) is 9.03. The van der Waals surface area contributed by atoms with Crippen LogP contribution in [0.5, 0.6) is 28.7 Å². The molecule has 0 spiro atoms. The molecular weight excluding hydrogens is 396 g/mol. The van der Waals surface area contributed by atoms with Crippen LogP contribution in [-0.2, 0) is 25.5 Å². The summed E-state index contributed by atoms with van der Waals surface area (Å²) < 4.78 is 21.5. The Morgan fingerprint density at radius 2 is 1.60 bits per heavy atom. The Morgan fingerprint density at radius 1 is 0.933 bits per heavy atom. The van der Waals surface area contributed by atoms with Crippen molar-refractivity contribution >= 4 is 17.9 Å². The van der Waals surface area contributed by atoms with E-state index in [0.29, 0.717) is 11.1 Å². The molecule has 0 amide bonds. The number of ether oxygens (including phenoxy) is 4. The Balaban J connectivity index is 2.04. The van der Waals surface area contributed by atoms with Crippen LogP contribution >= 0.6 is 0 Å². The zero-order chi connectivity index (χ0) is 22.0. The third kappa shape index (κ3) is 4.62. The average Bonchev–Trinajstić information content (AvgIpc) is 2.62. The standard InChI is InChI=1S/C21H20O9/c1-10(22)27-17-5-4-13(6-19(17)28-11(2)23)21-20(29-12(3)24)9-15-16(26)7-14(25)8-18(15)30-21/h4-8,20-21,25-26H,9H2,1-3H3/t20-,21-/m1/s1. The number of esters is 3. The highest BCUT2D eigenvalue weighted by atomic mass is 16.6. The molecular formula is C21H20O9. The van der Waals surface area contributed by atoms with Gasteiger partial charge in [0.05, 0.1) is 0 Å². The quantitative estimate of drug-likeness (QED) is 0.571. The van der Waals surface area contributed by atoms with Gasteiger partial charge in [0.25, 0.3) is 0 Å². The SMILES string of the molecule is CC(=O)Oc1ccc([C@H]2Oc3cc(O)cc(O)c3C[C@H]2OC(C)=O)cc1OC(C)=O. The van der Waals surface area contributed by atoms with Gasteiger partial charge in [-0.1, -0.05) is 6.07 Å². The molecule has 1 aliphatic heterocycles. The zero-order valence-electron chi connectivity index (χ0n) is 16.5. The second-order valence-electron chi connectivity index (χ2n) is 6.73. The molecule has 0 radical (unpaired) electrons. The lowest BCUT2D eigenvalue weighted by atomic mass is 9.93. The van der Waals surface area contributed by atoms with E-state index in [1.807, 2.05) is 0 Å². The molecule has 1 heterocycles. The molecule has 0 bridgehead atoms. The third-order valence-corrected chi connectivity index (χ3v) is 4.29. The van der Waals surface area contributed by atoms with Crippen LogP contribution in [0.3, 0.4) is 0 Å². The number of benzene rings is 2. The van der Waals surface area contributed by atoms with E-state index in [-0.39, 0.29) is 35.2 Å². The molecule has 0 unspecified atom stereocenters. The van der Waals surface area contributed by atoms with Gasteiger partial charge in [-0.15, -0.1) is 0 Å². The number of hydrogen-bond acceptors (Lipinski definition) is 9. The summed E-state index contributed by atoms with van der Waals surface area (Å²) in [5.41, 5.74) is 0.842. The fraction of sp³-hybridized carbons (Fsp3) is 0.286. The zero-order valence-corrected chi connectivity index (χ0v) is 16.5. The number of phenolic OH excluding ortho intramolecular Hbond substituents is 2. The van der Waals surface area contributed by atoms with Crippen molar-refractivity contribution in [1.82, 2.24) is 0 Å². The number of rotatable bonds is 4. The van der Waals surface area contributed by atoms with Crippen molar-refractivity contribution < 1.29 is 43.5 Å². The van der Waals surface area contributed by atoms with E-state index >= 15 is 0 Å². The lowest BCUT2D eigenvalue weighted by molar-refractivity contribution is -0.152. The summed E-state index contributed by atoms with van der Waals surface area (Å²) in [5.74, 6) is -1.90. The maximum atomic E-state index is 11.6. The number of carbonyl (C=O) groups excluding carboxylic acids is 3. The van der Waals surface area contributed by atoms with Crippen LogP contribution < -0.4 is 14.2 Å². The van der Waals surface area contributed by atoms with Crippen LogP contribution in [0.15, 0.2) is 30.3 Å². The van der Waals surface area contributed by atoms with Crippen molar-refractivity contribution in [2.45, 2.75) is 39.4 Å². The molecule has 0 saturated carbocycles. The molecule has 0 aliphatic carbocycles. The Hall–Kier alpha value is -3.75. The van der Waals surface area contributed by atoms with Gasteiger partial charge in [0.15, 0.2) is 17.6 Å². The van der Waals surface area contributed by atoms with E-state index in [1.165, 1.54) is 45.0 Å². The largest absolute Gasteiger partial charge is 0.508 e. The molecule has 9 heteroatoms. The molecule has 158 valence electrons. The van der Waals surface area contributed by atoms with Crippen LogP contribution in [-0.4, -0.2) is 34.2 Å². The normalized spacial score (nSPS) is 17.3. The van der Waals surface area contributed by atoms with Crippen molar-refractivity contribution in [1.29, 1.82) is 0 Å². The van der Waals surface area contributed by atoms with E-state index in [1.54, 1.807) is 6.07 Å². The van der Waals surface area contributed by atoms with Crippen molar-refractivity contribution in [3.05, 3.63) is 41.5 Å². The third-order valence-electron chi connectivity index (χ3n) is 4.29. The summed E-state index contributed by atoms with van der Waals surface area (Å²) >= 11 is 0. The fourth-order valence-electron chi connectivity index (χ4n) is 3.22. The summed E-state index contributed by atoms with van der Waals surface area (Å²) in [6.07, 6.45) is -1.53. The van der Waals surface area contributed by atoms with Gasteiger partial charge in [-0.3, -0.25) is 14.4 Å². The second kappa shape index (κ2) is 8.32. The van der Waals surface area contributed by atoms with E-state index in [0.717, 1.165) is 0 Å². The predicted molar refractivity (Wildman–Crippen MR) is 101 cm³/mol. The highest BCUT2D eigenvalue weighted by Gasteiger charge is 2.36. The first kappa shape index (κ1) is 21.0. The first-order valence-corrected chi connectivity index (χ1v) is 9.03. The van der Waals surface area contributed by atoms with E-state index < -0.39 is 30.1 Å². The van der Waals surface area contributed by atoms with Gasteiger partial charge in [-0.2, -0.15) is 0 Å². The summed E-state index contributed by atoms with van der Waals surface area (Å²) in [6, 6.07) is 6.94. The molecule has 0 aromatic heterocycles. The molecule has 1 aliphatic rings. The molecule has 3 rings (SSSR count). The Labute approximate surface area is 171 Å². The number of aromatic hydroxyl groups is 2. The molecule has 9 nitrogen and oxygen atoms in total. The highest BCUT2D eigenvalue weighted by Crippen LogP contribution is 2.44. The molecule has 0 saturated heterocycles. The minimum Gasteiger partial charge on any atom is -0.508 e. The van der Waals surface area contributed by atoms with Gasteiger partial charge < -0.3 is 29.2 Å². The Kier molecular flexibility index (Phi) is 5.81. The maximum absolute atomic E-state index is 11.6. The lowest BCUT2D eigenvalue weighted by Crippen LogP contribution is -2.34. The van der Waals surface area contributed by atoms with Crippen LogP contribution in [0, 0.1) is 0 Å². The minimum absolute atomic E-state index is 0.00933. The van der Waals surface area contributed by atoms with E-state index in [9.17, 15) is 24.6 Å². The minimum atomic E-state index is -0.844. The Morgan fingerprint density at radius 3 is 2.23 bits per heavy atom. The van der Waals surface area contributed by atoms with Crippen LogP contribution in [0.2, 0.25) is 0 Å². The molecule has 30 heavy (non-hydrogen) atoms. The van der Waals surface area contributed by atoms with Gasteiger partial charge in [0.1, 0.15) is 23.4 Å². The highest BCUT2D eigenvalue weighted by molar-refractivity contribution is 5.74. The average molecular weight is 416 g/mol. The topological polar surface area (TPSA) is 129 Å². The molecule has 2 N–H and O–H groups in total. The van der Waals surface area contributed by atoms with Crippen molar-refractivity contribution in [3.63, 3.8) is 0 Å². The van der Waals surface area contributed by atoms with Crippen molar-refractivity contribution in [2.75, 3.05) is 0 Å². The summed E-state index contributed by atoms with van der Waals surface area (Å²) in [6.45, 7) is 3.66. The number of fused-ring (bicyclic) bond motifs is 1. The first-order chi connectivity index (χ1) is 14.1. The van der Waals surface area contributed by atoms with Crippen LogP contribution in [0.4, 0.5) is 0 Å². The second-order valence-corrected chi connectivity index (χ2v) is 6.73. The van der Waals surface area contributed by atoms with E-state index in [2.05, 4.69) is 0 Å². The van der Waals surface area contributed by atoms with Crippen LogP contribution in [0.1, 0.15) is 38.0 Å². The molecule has 2 aromatic carbocycles. The van der Waals surface area contributed by atoms with Gasteiger partial charge in [0, 0.05) is 50.5 Å². The number of carbonyl (C=O) groups is 3. The van der Waals surface area contributed by atoms with Gasteiger partial charge >= 0.3 is 17.9 Å². The van der Waals surface area contributed by atoms with Gasteiger partial charge in [-0.05, 0) is 12.1 Å². The summed E-state index contributed by atoms with van der Waals surface area (Å²) in [7, 11) is 0. The van der Waals surface area contributed by atoms with Crippen LogP contribution in [0.25, 0.3) is 0 Å². The van der Waals surface area contributed by atoms with Gasteiger partial charge in [0.2, 0.25) is 0 Å². The summed E-state index contributed by atoms with van der Waals surface area (Å²) in [5, 5.41) is 19.9. The van der Waals surface area contributed by atoms with Crippen molar-refractivity contribution in [2.24, 2.45) is 0 Å². The maximum Gasteiger partial charge on any atom is 0.308 e. The Bertz CT molecular complexity index is 1010. The predicted octanol–water partition coefficient (Wildman–Crippen LogP) is 2.56. The molecule has 0 fully saturated rings. The fourth-order valence-corrected chi connectivity index (χ4v) is 3.22. The monoisotopic (exact) mass is 416 g/mol.